The number of hydrogen-bond donors (Lipinski definition) is 1. The topological polar surface area (TPSA) is 28.2 Å². The maximum atomic E-state index is 4.45. The van der Waals surface area contributed by atoms with Gasteiger partial charge in [-0.05, 0) is 25.5 Å². The number of hydrogen-bond acceptors (Lipinski definition) is 3. The van der Waals surface area contributed by atoms with Gasteiger partial charge in [0.15, 0.2) is 0 Å². The Morgan fingerprint density at radius 2 is 2.36 bits per heavy atom. The van der Waals surface area contributed by atoms with Crippen molar-refractivity contribution in [1.82, 2.24) is 10.3 Å². The van der Waals surface area contributed by atoms with Crippen molar-refractivity contribution in [2.45, 2.75) is 19.9 Å². The second kappa shape index (κ2) is 3.96. The molecule has 1 fully saturated rings. The molecule has 0 amide bonds. The van der Waals surface area contributed by atoms with E-state index in [-0.39, 0.29) is 0 Å². The first kappa shape index (κ1) is 9.46. The second-order valence-electron chi connectivity index (χ2n) is 3.94. The molecule has 1 N–H and O–H groups in total. The summed E-state index contributed by atoms with van der Waals surface area (Å²) in [6.45, 7) is 7.46. The van der Waals surface area contributed by atoms with Gasteiger partial charge in [-0.2, -0.15) is 0 Å². The second-order valence-corrected chi connectivity index (χ2v) is 3.94. The molecule has 0 radical (unpaired) electrons. The molecule has 1 atom stereocenters. The van der Waals surface area contributed by atoms with Gasteiger partial charge in [-0.25, -0.2) is 4.98 Å². The van der Waals surface area contributed by atoms with Crippen LogP contribution in [0.25, 0.3) is 0 Å². The van der Waals surface area contributed by atoms with Crippen LogP contribution in [0.2, 0.25) is 0 Å². The first-order chi connectivity index (χ1) is 6.77. The molecule has 14 heavy (non-hydrogen) atoms. The molecule has 0 bridgehead atoms. The number of nitrogens with zero attached hydrogens (tertiary/aromatic N) is 2. The van der Waals surface area contributed by atoms with E-state index in [9.17, 15) is 0 Å². The molecule has 0 unspecified atom stereocenters. The number of rotatable bonds is 1. The fraction of sp³-hybridized carbons (Fsp3) is 0.545. The average molecular weight is 191 g/mol. The molecule has 0 aromatic carbocycles. The summed E-state index contributed by atoms with van der Waals surface area (Å²) in [5.41, 5.74) is 1.22. The molecule has 1 aliphatic heterocycles. The number of anilines is 1. The third kappa shape index (κ3) is 1.87. The molecule has 76 valence electrons. The van der Waals surface area contributed by atoms with Crippen LogP contribution in [0.4, 0.5) is 5.82 Å². The van der Waals surface area contributed by atoms with Gasteiger partial charge in [0.05, 0.1) is 0 Å². The first-order valence-corrected chi connectivity index (χ1v) is 5.17. The summed E-state index contributed by atoms with van der Waals surface area (Å²) < 4.78 is 0. The van der Waals surface area contributed by atoms with E-state index in [1.807, 2.05) is 6.20 Å². The standard InChI is InChI=1S/C11H17N3/c1-9-3-4-11(13-7-9)14-6-5-12-8-10(14)2/h3-4,7,10,12H,5-6,8H2,1-2H3/t10-/m0/s1. The summed E-state index contributed by atoms with van der Waals surface area (Å²) in [5.74, 6) is 1.10. The van der Waals surface area contributed by atoms with E-state index >= 15 is 0 Å². The highest BCUT2D eigenvalue weighted by Crippen LogP contribution is 2.15. The van der Waals surface area contributed by atoms with E-state index < -0.39 is 0 Å². The molecule has 3 nitrogen and oxygen atoms in total. The van der Waals surface area contributed by atoms with Gasteiger partial charge >= 0.3 is 0 Å². The fourth-order valence-electron chi connectivity index (χ4n) is 1.81. The molecule has 1 saturated heterocycles. The molecule has 2 rings (SSSR count). The third-order valence-corrected chi connectivity index (χ3v) is 2.69. The zero-order valence-corrected chi connectivity index (χ0v) is 8.83. The molecule has 3 heteroatoms. The molecule has 1 aromatic heterocycles. The highest BCUT2D eigenvalue weighted by Gasteiger charge is 2.18. The minimum Gasteiger partial charge on any atom is -0.351 e. The summed E-state index contributed by atoms with van der Waals surface area (Å²) in [7, 11) is 0. The average Bonchev–Trinajstić information content (AvgIpc) is 2.20. The molecule has 1 aliphatic rings. The Bertz CT molecular complexity index is 294. The minimum atomic E-state index is 0.541. The summed E-state index contributed by atoms with van der Waals surface area (Å²) in [4.78, 5) is 6.81. The Kier molecular flexibility index (Phi) is 2.68. The van der Waals surface area contributed by atoms with Crippen LogP contribution in [-0.2, 0) is 0 Å². The van der Waals surface area contributed by atoms with E-state index in [0.29, 0.717) is 6.04 Å². The molecule has 0 saturated carbocycles. The third-order valence-electron chi connectivity index (χ3n) is 2.69. The Hall–Kier alpha value is -1.09. The summed E-state index contributed by atoms with van der Waals surface area (Å²) in [5, 5.41) is 3.38. The lowest BCUT2D eigenvalue weighted by atomic mass is 10.2. The number of pyridine rings is 1. The molecule has 0 spiro atoms. The van der Waals surface area contributed by atoms with Crippen LogP contribution in [0.5, 0.6) is 0 Å². The molecular formula is C11H17N3. The summed E-state index contributed by atoms with van der Waals surface area (Å²) in [6, 6.07) is 4.77. The highest BCUT2D eigenvalue weighted by molar-refractivity contribution is 5.41. The van der Waals surface area contributed by atoms with Crippen molar-refractivity contribution in [2.75, 3.05) is 24.5 Å². The van der Waals surface area contributed by atoms with Gasteiger partial charge in [0.2, 0.25) is 0 Å². The van der Waals surface area contributed by atoms with Crippen molar-refractivity contribution in [3.63, 3.8) is 0 Å². The normalized spacial score (nSPS) is 22.4. The zero-order valence-electron chi connectivity index (χ0n) is 8.83. The van der Waals surface area contributed by atoms with Gasteiger partial charge in [-0.3, -0.25) is 0 Å². The van der Waals surface area contributed by atoms with Crippen LogP contribution in [0.1, 0.15) is 12.5 Å². The first-order valence-electron chi connectivity index (χ1n) is 5.17. The maximum Gasteiger partial charge on any atom is 0.128 e. The monoisotopic (exact) mass is 191 g/mol. The van der Waals surface area contributed by atoms with Gasteiger partial charge < -0.3 is 10.2 Å². The number of piperazine rings is 1. The van der Waals surface area contributed by atoms with Gasteiger partial charge in [0.1, 0.15) is 5.82 Å². The van der Waals surface area contributed by atoms with Crippen molar-refractivity contribution >= 4 is 5.82 Å². The predicted molar refractivity (Wildman–Crippen MR) is 58.7 cm³/mol. The number of aryl methyl sites for hydroxylation is 1. The van der Waals surface area contributed by atoms with Crippen LogP contribution < -0.4 is 10.2 Å². The van der Waals surface area contributed by atoms with Crippen LogP contribution in [0, 0.1) is 6.92 Å². The minimum absolute atomic E-state index is 0.541. The smallest absolute Gasteiger partial charge is 0.128 e. The van der Waals surface area contributed by atoms with Gasteiger partial charge in [-0.15, -0.1) is 0 Å². The quantitative estimate of drug-likeness (QED) is 0.722. The van der Waals surface area contributed by atoms with Gasteiger partial charge in [-0.1, -0.05) is 6.07 Å². The molecule has 0 aliphatic carbocycles. The van der Waals surface area contributed by atoms with E-state index in [1.165, 1.54) is 5.56 Å². The van der Waals surface area contributed by atoms with Crippen LogP contribution in [0.3, 0.4) is 0 Å². The van der Waals surface area contributed by atoms with E-state index in [2.05, 4.69) is 41.2 Å². The largest absolute Gasteiger partial charge is 0.351 e. The lowest BCUT2D eigenvalue weighted by molar-refractivity contribution is 0.497. The SMILES string of the molecule is Cc1ccc(N2CCNC[C@@H]2C)nc1. The van der Waals surface area contributed by atoms with Crippen LogP contribution >= 0.6 is 0 Å². The summed E-state index contributed by atoms with van der Waals surface area (Å²) in [6.07, 6.45) is 1.93. The van der Waals surface area contributed by atoms with E-state index in [1.54, 1.807) is 0 Å². The van der Waals surface area contributed by atoms with Crippen molar-refractivity contribution in [3.8, 4) is 0 Å². The van der Waals surface area contributed by atoms with E-state index in [4.69, 9.17) is 0 Å². The van der Waals surface area contributed by atoms with Crippen LogP contribution in [0.15, 0.2) is 18.3 Å². The predicted octanol–water partition coefficient (Wildman–Crippen LogP) is 1.19. The highest BCUT2D eigenvalue weighted by atomic mass is 15.3. The van der Waals surface area contributed by atoms with E-state index in [0.717, 1.165) is 25.5 Å². The Morgan fingerprint density at radius 1 is 1.50 bits per heavy atom. The zero-order chi connectivity index (χ0) is 9.97. The lowest BCUT2D eigenvalue weighted by Gasteiger charge is -2.34. The fourth-order valence-corrected chi connectivity index (χ4v) is 1.81. The van der Waals surface area contributed by atoms with Gasteiger partial charge in [0.25, 0.3) is 0 Å². The molecular weight excluding hydrogens is 174 g/mol. The van der Waals surface area contributed by atoms with Crippen molar-refractivity contribution in [2.24, 2.45) is 0 Å². The Morgan fingerprint density at radius 3 is 3.00 bits per heavy atom. The van der Waals surface area contributed by atoms with Crippen molar-refractivity contribution in [3.05, 3.63) is 23.9 Å². The van der Waals surface area contributed by atoms with Crippen LogP contribution in [-0.4, -0.2) is 30.7 Å². The van der Waals surface area contributed by atoms with Gasteiger partial charge in [0, 0.05) is 31.9 Å². The number of nitrogens with one attached hydrogen (secondary N) is 1. The number of aromatic nitrogens is 1. The summed E-state index contributed by atoms with van der Waals surface area (Å²) >= 11 is 0. The lowest BCUT2D eigenvalue weighted by Crippen LogP contribution is -2.50. The maximum absolute atomic E-state index is 4.45. The molecule has 2 heterocycles. The Labute approximate surface area is 85.1 Å². The molecule has 1 aromatic rings. The van der Waals surface area contributed by atoms with Crippen molar-refractivity contribution < 1.29 is 0 Å². The van der Waals surface area contributed by atoms with Crippen molar-refractivity contribution in [1.29, 1.82) is 0 Å². The Balaban J connectivity index is 2.16.